The Morgan fingerprint density at radius 2 is 2.23 bits per heavy atom. The third kappa shape index (κ3) is 4.42. The number of thiazole rings is 1. The number of carbonyl (C=O) groups excluding carboxylic acids is 1. The van der Waals surface area contributed by atoms with E-state index in [9.17, 15) is 4.79 Å². The number of anilines is 1. The number of carbonyl (C=O) groups is 1. The number of rotatable bonds is 7. The second-order valence-corrected chi connectivity index (χ2v) is 7.07. The summed E-state index contributed by atoms with van der Waals surface area (Å²) in [6.07, 6.45) is 5.75. The summed E-state index contributed by atoms with van der Waals surface area (Å²) in [5, 5.41) is 6.85. The summed E-state index contributed by atoms with van der Waals surface area (Å²) in [6.45, 7) is 6.06. The zero-order valence-electron chi connectivity index (χ0n) is 14.8. The molecule has 0 radical (unpaired) electrons. The molecular formula is C19H23N3O3S. The highest BCUT2D eigenvalue weighted by molar-refractivity contribution is 7.15. The van der Waals surface area contributed by atoms with E-state index in [-0.39, 0.29) is 5.91 Å². The Bertz CT molecular complexity index is 769. The number of aromatic nitrogens is 1. The van der Waals surface area contributed by atoms with Crippen molar-refractivity contribution in [3.63, 3.8) is 0 Å². The monoisotopic (exact) mass is 373 g/mol. The predicted octanol–water partition coefficient (Wildman–Crippen LogP) is 3.44. The summed E-state index contributed by atoms with van der Waals surface area (Å²) in [7, 11) is 1.55. The van der Waals surface area contributed by atoms with Crippen molar-refractivity contribution in [3.05, 3.63) is 47.5 Å². The van der Waals surface area contributed by atoms with Gasteiger partial charge in [0.25, 0.3) is 5.91 Å². The number of nitrogens with zero attached hydrogens (tertiary/aromatic N) is 1. The highest BCUT2D eigenvalue weighted by Gasteiger charge is 2.19. The molecule has 0 atom stereocenters. The number of piperidine rings is 1. The Labute approximate surface area is 157 Å². The van der Waals surface area contributed by atoms with Gasteiger partial charge in [-0.25, -0.2) is 4.98 Å². The molecule has 1 fully saturated rings. The van der Waals surface area contributed by atoms with Crippen LogP contribution in [0.1, 0.15) is 34.0 Å². The maximum atomic E-state index is 12.5. The summed E-state index contributed by atoms with van der Waals surface area (Å²) in [5.74, 6) is 1.39. The van der Waals surface area contributed by atoms with Crippen LogP contribution in [0.5, 0.6) is 11.5 Å². The van der Waals surface area contributed by atoms with Gasteiger partial charge in [0, 0.05) is 16.6 Å². The SMILES string of the molecule is C=CCOc1ccc(C(=O)Nc2ncc(C3CCNCC3)s2)cc1OC. The first-order chi connectivity index (χ1) is 12.7. The van der Waals surface area contributed by atoms with E-state index in [4.69, 9.17) is 9.47 Å². The molecule has 2 aromatic rings. The fourth-order valence-corrected chi connectivity index (χ4v) is 3.87. The number of methoxy groups -OCH3 is 1. The van der Waals surface area contributed by atoms with Gasteiger partial charge >= 0.3 is 0 Å². The van der Waals surface area contributed by atoms with Crippen LogP contribution < -0.4 is 20.1 Å². The van der Waals surface area contributed by atoms with Gasteiger partial charge in [-0.1, -0.05) is 12.7 Å². The molecule has 0 aliphatic carbocycles. The van der Waals surface area contributed by atoms with Crippen molar-refractivity contribution in [3.8, 4) is 11.5 Å². The third-order valence-corrected chi connectivity index (χ3v) is 5.34. The van der Waals surface area contributed by atoms with Gasteiger partial charge in [0.1, 0.15) is 6.61 Å². The van der Waals surface area contributed by atoms with Gasteiger partial charge < -0.3 is 14.8 Å². The maximum Gasteiger partial charge on any atom is 0.257 e. The Balaban J connectivity index is 1.67. The number of ether oxygens (including phenoxy) is 2. The molecule has 3 rings (SSSR count). The van der Waals surface area contributed by atoms with Gasteiger partial charge in [0.05, 0.1) is 7.11 Å². The Morgan fingerprint density at radius 1 is 1.42 bits per heavy atom. The van der Waals surface area contributed by atoms with E-state index in [1.807, 2.05) is 6.20 Å². The minimum absolute atomic E-state index is 0.218. The summed E-state index contributed by atoms with van der Waals surface area (Å²) in [6, 6.07) is 5.09. The van der Waals surface area contributed by atoms with Crippen molar-refractivity contribution in [2.45, 2.75) is 18.8 Å². The summed E-state index contributed by atoms with van der Waals surface area (Å²) in [5.41, 5.74) is 0.492. The first kappa shape index (κ1) is 18.4. The molecule has 0 saturated carbocycles. The molecule has 0 bridgehead atoms. The van der Waals surface area contributed by atoms with E-state index < -0.39 is 0 Å². The minimum atomic E-state index is -0.218. The largest absolute Gasteiger partial charge is 0.493 e. The molecule has 0 spiro atoms. The molecule has 1 aromatic heterocycles. The molecule has 2 N–H and O–H groups in total. The zero-order valence-corrected chi connectivity index (χ0v) is 15.6. The Morgan fingerprint density at radius 3 is 2.96 bits per heavy atom. The molecule has 1 aromatic carbocycles. The van der Waals surface area contributed by atoms with E-state index in [1.165, 1.54) is 4.88 Å². The van der Waals surface area contributed by atoms with Crippen LogP contribution in [0.3, 0.4) is 0 Å². The van der Waals surface area contributed by atoms with Crippen LogP contribution >= 0.6 is 11.3 Å². The third-order valence-electron chi connectivity index (χ3n) is 4.27. The van der Waals surface area contributed by atoms with Crippen molar-refractivity contribution in [1.82, 2.24) is 10.3 Å². The molecule has 26 heavy (non-hydrogen) atoms. The predicted molar refractivity (Wildman–Crippen MR) is 104 cm³/mol. The van der Waals surface area contributed by atoms with Crippen LogP contribution in [-0.4, -0.2) is 37.7 Å². The number of nitrogens with one attached hydrogen (secondary N) is 2. The molecular weight excluding hydrogens is 350 g/mol. The van der Waals surface area contributed by atoms with Crippen LogP contribution in [-0.2, 0) is 0 Å². The van der Waals surface area contributed by atoms with Crippen LogP contribution in [0, 0.1) is 0 Å². The quantitative estimate of drug-likeness (QED) is 0.728. The average molecular weight is 373 g/mol. The number of amides is 1. The molecule has 7 heteroatoms. The molecule has 138 valence electrons. The lowest BCUT2D eigenvalue weighted by molar-refractivity contribution is 0.102. The summed E-state index contributed by atoms with van der Waals surface area (Å²) in [4.78, 5) is 18.1. The molecule has 0 unspecified atom stereocenters. The number of hydrogen-bond donors (Lipinski definition) is 2. The van der Waals surface area contributed by atoms with Gasteiger partial charge in [0.15, 0.2) is 16.6 Å². The highest BCUT2D eigenvalue weighted by Crippen LogP contribution is 2.32. The van der Waals surface area contributed by atoms with E-state index in [2.05, 4.69) is 22.2 Å². The lowest BCUT2D eigenvalue weighted by atomic mass is 9.97. The lowest BCUT2D eigenvalue weighted by Crippen LogP contribution is -2.26. The van der Waals surface area contributed by atoms with Crippen molar-refractivity contribution in [1.29, 1.82) is 0 Å². The minimum Gasteiger partial charge on any atom is -0.493 e. The lowest BCUT2D eigenvalue weighted by Gasteiger charge is -2.20. The first-order valence-corrected chi connectivity index (χ1v) is 9.42. The van der Waals surface area contributed by atoms with Crippen molar-refractivity contribution in [2.75, 3.05) is 32.1 Å². The zero-order chi connectivity index (χ0) is 18.4. The van der Waals surface area contributed by atoms with E-state index in [0.29, 0.717) is 34.7 Å². The molecule has 1 saturated heterocycles. The van der Waals surface area contributed by atoms with Crippen LogP contribution in [0.4, 0.5) is 5.13 Å². The van der Waals surface area contributed by atoms with Gasteiger partial charge in [-0.3, -0.25) is 10.1 Å². The smallest absolute Gasteiger partial charge is 0.257 e. The van der Waals surface area contributed by atoms with Crippen molar-refractivity contribution >= 4 is 22.4 Å². The second-order valence-electron chi connectivity index (χ2n) is 6.01. The average Bonchev–Trinajstić information content (AvgIpc) is 3.15. The highest BCUT2D eigenvalue weighted by atomic mass is 32.1. The van der Waals surface area contributed by atoms with Crippen LogP contribution in [0.25, 0.3) is 0 Å². The standard InChI is InChI=1S/C19H23N3O3S/c1-3-10-25-15-5-4-14(11-16(15)24-2)18(23)22-19-21-12-17(26-19)13-6-8-20-9-7-13/h3-5,11-13,20H,1,6-10H2,2H3,(H,21,22,23). The van der Waals surface area contributed by atoms with Crippen molar-refractivity contribution in [2.24, 2.45) is 0 Å². The molecule has 1 aliphatic rings. The van der Waals surface area contributed by atoms with Crippen molar-refractivity contribution < 1.29 is 14.3 Å². The van der Waals surface area contributed by atoms with Gasteiger partial charge in [0.2, 0.25) is 0 Å². The summed E-state index contributed by atoms with van der Waals surface area (Å²) >= 11 is 1.55. The molecule has 1 amide bonds. The Kier molecular flexibility index (Phi) is 6.25. The van der Waals surface area contributed by atoms with E-state index >= 15 is 0 Å². The van der Waals surface area contributed by atoms with Gasteiger partial charge in [-0.15, -0.1) is 11.3 Å². The normalized spacial score (nSPS) is 14.7. The van der Waals surface area contributed by atoms with E-state index in [0.717, 1.165) is 25.9 Å². The van der Waals surface area contributed by atoms with Crippen LogP contribution in [0.2, 0.25) is 0 Å². The van der Waals surface area contributed by atoms with Crippen LogP contribution in [0.15, 0.2) is 37.1 Å². The molecule has 2 heterocycles. The number of benzene rings is 1. The molecule has 6 nitrogen and oxygen atoms in total. The van der Waals surface area contributed by atoms with Gasteiger partial charge in [-0.2, -0.15) is 0 Å². The maximum absolute atomic E-state index is 12.5. The van der Waals surface area contributed by atoms with E-state index in [1.54, 1.807) is 42.7 Å². The summed E-state index contributed by atoms with van der Waals surface area (Å²) < 4.78 is 10.8. The second kappa shape index (κ2) is 8.82. The molecule has 1 aliphatic heterocycles. The Hall–Kier alpha value is -2.38. The topological polar surface area (TPSA) is 72.5 Å². The van der Waals surface area contributed by atoms with Gasteiger partial charge in [-0.05, 0) is 50.0 Å². The fraction of sp³-hybridized carbons (Fsp3) is 0.368. The first-order valence-electron chi connectivity index (χ1n) is 8.60. The fourth-order valence-electron chi connectivity index (χ4n) is 2.89. The number of hydrogen-bond acceptors (Lipinski definition) is 6.